The third-order valence-electron chi connectivity index (χ3n) is 2.38. The molecule has 0 unspecified atom stereocenters. The van der Waals surface area contributed by atoms with Crippen LogP contribution >= 0.6 is 0 Å². The Hall–Kier alpha value is -0.940. The predicted octanol–water partition coefficient (Wildman–Crippen LogP) is 0.382. The topological polar surface area (TPSA) is 62.8 Å². The van der Waals surface area contributed by atoms with Crippen LogP contribution in [0.5, 0.6) is 0 Å². The molecule has 2 N–H and O–H groups in total. The van der Waals surface area contributed by atoms with E-state index in [-0.39, 0.29) is 0 Å². The van der Waals surface area contributed by atoms with E-state index in [1.807, 2.05) is 6.92 Å². The fourth-order valence-electron chi connectivity index (χ4n) is 1.61. The predicted molar refractivity (Wildman–Crippen MR) is 51.8 cm³/mol. The van der Waals surface area contributed by atoms with Gasteiger partial charge in [0, 0.05) is 0 Å². The minimum Gasteiger partial charge on any atom is -0.370 e. The Labute approximate surface area is 83.3 Å². The van der Waals surface area contributed by atoms with Crippen LogP contribution in [0.2, 0.25) is 0 Å². The van der Waals surface area contributed by atoms with Crippen molar-refractivity contribution in [2.45, 2.75) is 32.5 Å². The fraction of sp³-hybridized carbons (Fsp3) is 0.778. The van der Waals surface area contributed by atoms with Crippen molar-refractivity contribution in [2.75, 3.05) is 13.1 Å². The normalized spacial score (nSPS) is 18.6. The number of hydrogen-bond acceptors (Lipinski definition) is 4. The van der Waals surface area contributed by atoms with Crippen LogP contribution in [0, 0.1) is 6.92 Å². The van der Waals surface area contributed by atoms with E-state index in [2.05, 4.69) is 20.5 Å². The standard InChI is InChI=1S/C9H16N4O/c1-7-11-9(13-12-7)6-14-8-2-4-10-5-3-8/h8,10H,2-6H2,1H3,(H,11,12,13). The van der Waals surface area contributed by atoms with Gasteiger partial charge in [0.1, 0.15) is 12.4 Å². The molecule has 1 aliphatic rings. The molecule has 0 aromatic carbocycles. The number of rotatable bonds is 3. The maximum atomic E-state index is 5.70. The van der Waals surface area contributed by atoms with Crippen LogP contribution in [0.1, 0.15) is 24.5 Å². The number of aromatic nitrogens is 3. The highest BCUT2D eigenvalue weighted by molar-refractivity contribution is 4.85. The maximum absolute atomic E-state index is 5.70. The van der Waals surface area contributed by atoms with Gasteiger partial charge in [-0.15, -0.1) is 0 Å². The summed E-state index contributed by atoms with van der Waals surface area (Å²) in [7, 11) is 0. The summed E-state index contributed by atoms with van der Waals surface area (Å²) in [6.07, 6.45) is 2.54. The van der Waals surface area contributed by atoms with E-state index < -0.39 is 0 Å². The molecular formula is C9H16N4O. The van der Waals surface area contributed by atoms with E-state index in [9.17, 15) is 0 Å². The molecule has 5 nitrogen and oxygen atoms in total. The largest absolute Gasteiger partial charge is 0.370 e. The Morgan fingerprint density at radius 2 is 2.21 bits per heavy atom. The highest BCUT2D eigenvalue weighted by Gasteiger charge is 2.13. The van der Waals surface area contributed by atoms with Gasteiger partial charge in [-0.3, -0.25) is 5.10 Å². The molecule has 1 fully saturated rings. The Bertz CT molecular complexity index is 280. The molecule has 5 heteroatoms. The van der Waals surface area contributed by atoms with Gasteiger partial charge in [0.05, 0.1) is 6.10 Å². The number of ether oxygens (including phenoxy) is 1. The number of nitrogens with one attached hydrogen (secondary N) is 2. The number of piperidine rings is 1. The summed E-state index contributed by atoms with van der Waals surface area (Å²) in [5, 5.41) is 10.1. The van der Waals surface area contributed by atoms with Gasteiger partial charge >= 0.3 is 0 Å². The highest BCUT2D eigenvalue weighted by Crippen LogP contribution is 2.08. The van der Waals surface area contributed by atoms with Crippen molar-refractivity contribution in [2.24, 2.45) is 0 Å². The second-order valence-corrected chi connectivity index (χ2v) is 3.60. The minimum absolute atomic E-state index is 0.370. The summed E-state index contributed by atoms with van der Waals surface area (Å²) in [4.78, 5) is 4.19. The van der Waals surface area contributed by atoms with Crippen molar-refractivity contribution in [1.82, 2.24) is 20.5 Å². The Morgan fingerprint density at radius 3 is 2.86 bits per heavy atom. The van der Waals surface area contributed by atoms with E-state index in [4.69, 9.17) is 4.74 Å². The second kappa shape index (κ2) is 4.52. The van der Waals surface area contributed by atoms with Crippen molar-refractivity contribution in [3.63, 3.8) is 0 Å². The zero-order valence-corrected chi connectivity index (χ0v) is 8.42. The van der Waals surface area contributed by atoms with Crippen molar-refractivity contribution in [3.8, 4) is 0 Å². The minimum atomic E-state index is 0.370. The summed E-state index contributed by atoms with van der Waals surface area (Å²) in [6, 6.07) is 0. The monoisotopic (exact) mass is 196 g/mol. The van der Waals surface area contributed by atoms with E-state index in [1.165, 1.54) is 0 Å². The van der Waals surface area contributed by atoms with Gasteiger partial charge < -0.3 is 10.1 Å². The first-order chi connectivity index (χ1) is 6.84. The van der Waals surface area contributed by atoms with Crippen LogP contribution in [0.15, 0.2) is 0 Å². The molecule has 14 heavy (non-hydrogen) atoms. The lowest BCUT2D eigenvalue weighted by Crippen LogP contribution is -2.32. The van der Waals surface area contributed by atoms with E-state index in [0.717, 1.165) is 37.6 Å². The van der Waals surface area contributed by atoms with Gasteiger partial charge in [0.2, 0.25) is 0 Å². The summed E-state index contributed by atoms with van der Waals surface area (Å²) < 4.78 is 5.70. The van der Waals surface area contributed by atoms with Crippen LogP contribution in [-0.4, -0.2) is 34.4 Å². The summed E-state index contributed by atoms with van der Waals surface area (Å²) in [5.74, 6) is 1.59. The zero-order valence-electron chi connectivity index (χ0n) is 8.42. The lowest BCUT2D eigenvalue weighted by Gasteiger charge is -2.22. The number of nitrogens with zero attached hydrogens (tertiary/aromatic N) is 2. The number of aryl methyl sites for hydroxylation is 1. The molecule has 0 atom stereocenters. The van der Waals surface area contributed by atoms with Crippen LogP contribution in [0.25, 0.3) is 0 Å². The van der Waals surface area contributed by atoms with Gasteiger partial charge in [-0.2, -0.15) is 5.10 Å². The van der Waals surface area contributed by atoms with Gasteiger partial charge in [-0.05, 0) is 32.9 Å². The van der Waals surface area contributed by atoms with Crippen LogP contribution in [0.3, 0.4) is 0 Å². The van der Waals surface area contributed by atoms with Crippen LogP contribution in [-0.2, 0) is 11.3 Å². The molecule has 0 amide bonds. The van der Waals surface area contributed by atoms with Gasteiger partial charge in [-0.1, -0.05) is 0 Å². The zero-order chi connectivity index (χ0) is 9.80. The number of H-pyrrole nitrogens is 1. The lowest BCUT2D eigenvalue weighted by molar-refractivity contribution is 0.0179. The molecule has 2 heterocycles. The molecule has 2 rings (SSSR count). The van der Waals surface area contributed by atoms with Gasteiger partial charge in [0.25, 0.3) is 0 Å². The molecule has 1 aromatic rings. The SMILES string of the molecule is Cc1nc(COC2CCNCC2)n[nH]1. The van der Waals surface area contributed by atoms with Crippen molar-refractivity contribution < 1.29 is 4.74 Å². The van der Waals surface area contributed by atoms with Crippen molar-refractivity contribution >= 4 is 0 Å². The Morgan fingerprint density at radius 1 is 1.43 bits per heavy atom. The molecule has 0 aliphatic carbocycles. The number of hydrogen-bond donors (Lipinski definition) is 2. The second-order valence-electron chi connectivity index (χ2n) is 3.60. The first kappa shape index (κ1) is 9.61. The van der Waals surface area contributed by atoms with Crippen LogP contribution in [0.4, 0.5) is 0 Å². The quantitative estimate of drug-likeness (QED) is 0.733. The molecule has 1 saturated heterocycles. The Kier molecular flexibility index (Phi) is 3.10. The third kappa shape index (κ3) is 2.52. The van der Waals surface area contributed by atoms with Crippen LogP contribution < -0.4 is 5.32 Å². The molecule has 0 radical (unpaired) electrons. The summed E-state index contributed by atoms with van der Waals surface area (Å²) >= 11 is 0. The van der Waals surface area contributed by atoms with Crippen molar-refractivity contribution in [1.29, 1.82) is 0 Å². The lowest BCUT2D eigenvalue weighted by atomic mass is 10.1. The molecule has 0 bridgehead atoms. The Balaban J connectivity index is 1.76. The van der Waals surface area contributed by atoms with E-state index >= 15 is 0 Å². The molecule has 1 aromatic heterocycles. The van der Waals surface area contributed by atoms with Gasteiger partial charge in [-0.25, -0.2) is 4.98 Å². The van der Waals surface area contributed by atoms with E-state index in [0.29, 0.717) is 12.7 Å². The van der Waals surface area contributed by atoms with Crippen molar-refractivity contribution in [3.05, 3.63) is 11.6 Å². The molecule has 1 aliphatic heterocycles. The first-order valence-electron chi connectivity index (χ1n) is 5.05. The average Bonchev–Trinajstić information content (AvgIpc) is 2.63. The first-order valence-corrected chi connectivity index (χ1v) is 5.05. The maximum Gasteiger partial charge on any atom is 0.176 e. The number of aromatic amines is 1. The molecular weight excluding hydrogens is 180 g/mol. The smallest absolute Gasteiger partial charge is 0.176 e. The van der Waals surface area contributed by atoms with Gasteiger partial charge in [0.15, 0.2) is 5.82 Å². The molecule has 78 valence electrons. The third-order valence-corrected chi connectivity index (χ3v) is 2.38. The molecule has 0 saturated carbocycles. The highest BCUT2D eigenvalue weighted by atomic mass is 16.5. The summed E-state index contributed by atoms with van der Waals surface area (Å²) in [6.45, 7) is 4.52. The average molecular weight is 196 g/mol. The van der Waals surface area contributed by atoms with E-state index in [1.54, 1.807) is 0 Å². The summed E-state index contributed by atoms with van der Waals surface area (Å²) in [5.41, 5.74) is 0. The molecule has 0 spiro atoms. The fourth-order valence-corrected chi connectivity index (χ4v) is 1.61.